The normalized spacial score (nSPS) is 27.3. The summed E-state index contributed by atoms with van der Waals surface area (Å²) in [6.07, 6.45) is 1.05. The zero-order valence-electron chi connectivity index (χ0n) is 9.76. The van der Waals surface area contributed by atoms with E-state index in [9.17, 15) is 0 Å². The fraction of sp³-hybridized carbons (Fsp3) is 0.538. The molecule has 1 aromatic carbocycles. The molecule has 0 amide bonds. The van der Waals surface area contributed by atoms with E-state index in [2.05, 4.69) is 13.8 Å². The highest BCUT2D eigenvalue weighted by atomic mass is 35.5. The van der Waals surface area contributed by atoms with Crippen LogP contribution in [0.3, 0.4) is 0 Å². The largest absolute Gasteiger partial charge is 0.488 e. The second-order valence-electron chi connectivity index (χ2n) is 5.06. The van der Waals surface area contributed by atoms with E-state index in [1.807, 2.05) is 25.1 Å². The molecule has 2 rings (SSSR count). The van der Waals surface area contributed by atoms with Crippen molar-refractivity contribution in [1.29, 1.82) is 0 Å². The van der Waals surface area contributed by atoms with Gasteiger partial charge in [-0.15, -0.1) is 11.6 Å². The molecule has 0 bridgehead atoms. The fourth-order valence-corrected chi connectivity index (χ4v) is 2.36. The van der Waals surface area contributed by atoms with Crippen molar-refractivity contribution in [2.75, 3.05) is 0 Å². The van der Waals surface area contributed by atoms with E-state index in [0.717, 1.165) is 17.7 Å². The molecule has 0 aromatic heterocycles. The van der Waals surface area contributed by atoms with Gasteiger partial charge in [-0.3, -0.25) is 0 Å². The predicted octanol–water partition coefficient (Wildman–Crippen LogP) is 4.43. The van der Waals surface area contributed by atoms with E-state index >= 15 is 0 Å². The lowest BCUT2D eigenvalue weighted by molar-refractivity contribution is -0.0129. The summed E-state index contributed by atoms with van der Waals surface area (Å²) in [5.41, 5.74) is 1.17. The molecule has 1 fully saturated rings. The van der Waals surface area contributed by atoms with Crippen LogP contribution in [-0.2, 0) is 0 Å². The SMILES string of the molecule is Cc1ccc(Cl)c(OC2CC(Cl)C2(C)C)c1. The van der Waals surface area contributed by atoms with Crippen LogP contribution < -0.4 is 4.74 Å². The van der Waals surface area contributed by atoms with Gasteiger partial charge in [0.15, 0.2) is 0 Å². The molecule has 2 atom stereocenters. The first-order chi connectivity index (χ1) is 7.41. The number of halogens is 2. The van der Waals surface area contributed by atoms with Crippen molar-refractivity contribution in [3.63, 3.8) is 0 Å². The summed E-state index contributed by atoms with van der Waals surface area (Å²) in [4.78, 5) is 0. The molecule has 0 radical (unpaired) electrons. The topological polar surface area (TPSA) is 9.23 Å². The minimum absolute atomic E-state index is 0.0225. The molecule has 0 aliphatic heterocycles. The average Bonchev–Trinajstić information content (AvgIpc) is 2.23. The molecular weight excluding hydrogens is 243 g/mol. The average molecular weight is 259 g/mol. The Kier molecular flexibility index (Phi) is 3.11. The van der Waals surface area contributed by atoms with Crippen molar-refractivity contribution < 1.29 is 4.74 Å². The Morgan fingerprint density at radius 2 is 2.06 bits per heavy atom. The number of hydrogen-bond donors (Lipinski definition) is 0. The summed E-state index contributed by atoms with van der Waals surface area (Å²) in [6, 6.07) is 5.82. The lowest BCUT2D eigenvalue weighted by atomic mass is 9.68. The monoisotopic (exact) mass is 258 g/mol. The van der Waals surface area contributed by atoms with E-state index in [1.54, 1.807) is 0 Å². The maximum atomic E-state index is 6.16. The van der Waals surface area contributed by atoms with Gasteiger partial charge in [0.1, 0.15) is 11.9 Å². The Balaban J connectivity index is 2.13. The molecule has 1 aliphatic rings. The number of hydrogen-bond acceptors (Lipinski definition) is 1. The molecule has 0 saturated heterocycles. The molecule has 3 heteroatoms. The molecule has 0 N–H and O–H groups in total. The molecule has 0 heterocycles. The molecule has 1 aromatic rings. The minimum Gasteiger partial charge on any atom is -0.488 e. The number of aryl methyl sites for hydroxylation is 1. The van der Waals surface area contributed by atoms with Crippen LogP contribution in [0.5, 0.6) is 5.75 Å². The van der Waals surface area contributed by atoms with Gasteiger partial charge in [0.2, 0.25) is 0 Å². The van der Waals surface area contributed by atoms with Crippen LogP contribution in [0.2, 0.25) is 5.02 Å². The quantitative estimate of drug-likeness (QED) is 0.714. The molecule has 1 saturated carbocycles. The Labute approximate surface area is 107 Å². The van der Waals surface area contributed by atoms with Crippen molar-refractivity contribution in [2.24, 2.45) is 5.41 Å². The van der Waals surface area contributed by atoms with Crippen LogP contribution in [0.15, 0.2) is 18.2 Å². The predicted molar refractivity (Wildman–Crippen MR) is 68.6 cm³/mol. The second kappa shape index (κ2) is 4.12. The van der Waals surface area contributed by atoms with Crippen molar-refractivity contribution in [3.05, 3.63) is 28.8 Å². The van der Waals surface area contributed by atoms with Crippen LogP contribution in [-0.4, -0.2) is 11.5 Å². The summed E-state index contributed by atoms with van der Waals surface area (Å²) in [5, 5.41) is 0.862. The summed E-state index contributed by atoms with van der Waals surface area (Å²) in [6.45, 7) is 6.28. The zero-order chi connectivity index (χ0) is 11.9. The highest BCUT2D eigenvalue weighted by molar-refractivity contribution is 6.32. The maximum absolute atomic E-state index is 6.16. The Morgan fingerprint density at radius 1 is 1.38 bits per heavy atom. The van der Waals surface area contributed by atoms with Gasteiger partial charge in [-0.25, -0.2) is 0 Å². The van der Waals surface area contributed by atoms with E-state index < -0.39 is 0 Å². The van der Waals surface area contributed by atoms with Crippen molar-refractivity contribution >= 4 is 23.2 Å². The van der Waals surface area contributed by atoms with Crippen LogP contribution >= 0.6 is 23.2 Å². The van der Waals surface area contributed by atoms with Crippen molar-refractivity contribution in [1.82, 2.24) is 0 Å². The van der Waals surface area contributed by atoms with Gasteiger partial charge in [-0.1, -0.05) is 31.5 Å². The van der Waals surface area contributed by atoms with Crippen molar-refractivity contribution in [2.45, 2.75) is 38.7 Å². The molecule has 1 nitrogen and oxygen atoms in total. The van der Waals surface area contributed by atoms with E-state index in [1.165, 1.54) is 0 Å². The van der Waals surface area contributed by atoms with E-state index in [0.29, 0.717) is 5.02 Å². The van der Waals surface area contributed by atoms with E-state index in [-0.39, 0.29) is 16.9 Å². The van der Waals surface area contributed by atoms with Crippen LogP contribution in [0, 0.1) is 12.3 Å². The number of ether oxygens (including phenoxy) is 1. The fourth-order valence-electron chi connectivity index (χ4n) is 1.89. The van der Waals surface area contributed by atoms with E-state index in [4.69, 9.17) is 27.9 Å². The lowest BCUT2D eigenvalue weighted by Gasteiger charge is -2.48. The summed E-state index contributed by atoms with van der Waals surface area (Å²) < 4.78 is 5.93. The summed E-state index contributed by atoms with van der Waals surface area (Å²) >= 11 is 12.3. The first kappa shape index (κ1) is 12.1. The third kappa shape index (κ3) is 2.03. The smallest absolute Gasteiger partial charge is 0.138 e. The number of rotatable bonds is 2. The van der Waals surface area contributed by atoms with Crippen LogP contribution in [0.25, 0.3) is 0 Å². The Morgan fingerprint density at radius 3 is 2.62 bits per heavy atom. The zero-order valence-corrected chi connectivity index (χ0v) is 11.3. The van der Waals surface area contributed by atoms with Gasteiger partial charge >= 0.3 is 0 Å². The minimum atomic E-state index is 0.0225. The van der Waals surface area contributed by atoms with Crippen LogP contribution in [0.1, 0.15) is 25.8 Å². The van der Waals surface area contributed by atoms with Gasteiger partial charge in [0, 0.05) is 17.2 Å². The highest BCUT2D eigenvalue weighted by Gasteiger charge is 2.49. The van der Waals surface area contributed by atoms with Gasteiger partial charge in [0.25, 0.3) is 0 Å². The maximum Gasteiger partial charge on any atom is 0.138 e. The van der Waals surface area contributed by atoms with Gasteiger partial charge in [-0.2, -0.15) is 0 Å². The van der Waals surface area contributed by atoms with Gasteiger partial charge in [0.05, 0.1) is 5.02 Å². The third-order valence-electron chi connectivity index (χ3n) is 3.41. The standard InChI is InChI=1S/C13H16Cl2O/c1-8-4-5-9(14)10(6-8)16-12-7-11(15)13(12,2)3/h4-6,11-12H,7H2,1-3H3. The molecule has 1 aliphatic carbocycles. The number of benzene rings is 1. The summed E-state index contributed by atoms with van der Waals surface area (Å²) in [5.74, 6) is 0.767. The van der Waals surface area contributed by atoms with Crippen LogP contribution in [0.4, 0.5) is 0 Å². The highest BCUT2D eigenvalue weighted by Crippen LogP contribution is 2.47. The molecule has 2 unspecified atom stereocenters. The lowest BCUT2D eigenvalue weighted by Crippen LogP contribution is -2.53. The Bertz CT molecular complexity index is 401. The molecular formula is C13H16Cl2O. The molecule has 88 valence electrons. The second-order valence-corrected chi connectivity index (χ2v) is 6.00. The first-order valence-electron chi connectivity index (χ1n) is 5.48. The summed E-state index contributed by atoms with van der Waals surface area (Å²) in [7, 11) is 0. The van der Waals surface area contributed by atoms with Crippen molar-refractivity contribution in [3.8, 4) is 5.75 Å². The molecule has 16 heavy (non-hydrogen) atoms. The third-order valence-corrected chi connectivity index (χ3v) is 4.47. The Hall–Kier alpha value is -0.400. The van der Waals surface area contributed by atoms with Gasteiger partial charge < -0.3 is 4.74 Å². The first-order valence-corrected chi connectivity index (χ1v) is 6.29. The number of alkyl halides is 1. The molecule has 0 spiro atoms. The van der Waals surface area contributed by atoms with Gasteiger partial charge in [-0.05, 0) is 24.6 Å².